The molecule has 82 valence electrons. The van der Waals surface area contributed by atoms with Crippen molar-refractivity contribution in [2.45, 2.75) is 0 Å². The van der Waals surface area contributed by atoms with Crippen LogP contribution in [0.3, 0.4) is 0 Å². The molecule has 0 atom stereocenters. The predicted octanol–water partition coefficient (Wildman–Crippen LogP) is -0.193. The van der Waals surface area contributed by atoms with Crippen molar-refractivity contribution < 1.29 is 9.85 Å². The molecule has 0 saturated heterocycles. The molecule has 11 nitrogen and oxygen atoms in total. The van der Waals surface area contributed by atoms with Crippen molar-refractivity contribution in [3.63, 3.8) is 0 Å². The molecular weight excluding hydrogens is 222 g/mol. The van der Waals surface area contributed by atoms with Crippen LogP contribution in [0, 0.1) is 20.2 Å². The van der Waals surface area contributed by atoms with Gasteiger partial charge in [0.25, 0.3) is 5.69 Å². The Hall–Kier alpha value is -2.85. The Bertz CT molecular complexity index is 512. The molecule has 0 amide bonds. The highest BCUT2D eigenvalue weighted by atomic mass is 16.6. The maximum absolute atomic E-state index is 10.6. The predicted molar refractivity (Wildman–Crippen MR) is 46.8 cm³/mol. The molecule has 0 unspecified atom stereocenters. The highest BCUT2D eigenvalue weighted by Crippen LogP contribution is 2.27. The van der Waals surface area contributed by atoms with Crippen LogP contribution in [0.5, 0.6) is 0 Å². The third kappa shape index (κ3) is 1.35. The van der Waals surface area contributed by atoms with Crippen molar-refractivity contribution in [1.29, 1.82) is 0 Å². The Morgan fingerprint density at radius 3 is 2.56 bits per heavy atom. The van der Waals surface area contributed by atoms with Gasteiger partial charge in [0, 0.05) is 0 Å². The Morgan fingerprint density at radius 1 is 1.31 bits per heavy atom. The minimum absolute atomic E-state index is 0.354. The van der Waals surface area contributed by atoms with E-state index in [1.165, 1.54) is 0 Å². The maximum Gasteiger partial charge on any atom is 0.446 e. The van der Waals surface area contributed by atoms with Gasteiger partial charge in [0.05, 0.1) is 0 Å². The molecule has 0 spiro atoms. The lowest BCUT2D eigenvalue weighted by Crippen LogP contribution is -2.01. The van der Waals surface area contributed by atoms with Gasteiger partial charge in [-0.3, -0.25) is 0 Å². The van der Waals surface area contributed by atoms with E-state index >= 15 is 0 Å². The van der Waals surface area contributed by atoms with Crippen molar-refractivity contribution in [1.82, 2.24) is 25.0 Å². The van der Waals surface area contributed by atoms with Crippen molar-refractivity contribution in [3.05, 3.63) is 32.9 Å². The number of nitrogens with zero attached hydrogens (tertiary/aromatic N) is 6. The standard InChI is InChI=1S/C5H3N7O4/c13-11(14)4-3(10-2-6-1-7-10)5(9-8-4)12(15)16/h1-2H,(H,8,9). The average molecular weight is 225 g/mol. The van der Waals surface area contributed by atoms with E-state index in [0.29, 0.717) is 0 Å². The number of hydrogen-bond acceptors (Lipinski definition) is 7. The summed E-state index contributed by atoms with van der Waals surface area (Å²) in [6.45, 7) is 0. The summed E-state index contributed by atoms with van der Waals surface area (Å²) in [5.41, 5.74) is -0.354. The molecule has 0 fully saturated rings. The van der Waals surface area contributed by atoms with Crippen molar-refractivity contribution in [3.8, 4) is 5.69 Å². The largest absolute Gasteiger partial charge is 0.446 e. The molecule has 2 aromatic rings. The smallest absolute Gasteiger partial charge is 0.358 e. The molecule has 0 aliphatic carbocycles. The summed E-state index contributed by atoms with van der Waals surface area (Å²) in [6, 6.07) is 0. The number of nitrogens with one attached hydrogen (secondary N) is 1. The Morgan fingerprint density at radius 2 is 2.06 bits per heavy atom. The van der Waals surface area contributed by atoms with E-state index in [0.717, 1.165) is 17.3 Å². The van der Waals surface area contributed by atoms with Crippen LogP contribution in [-0.4, -0.2) is 34.8 Å². The number of H-pyrrole nitrogens is 1. The van der Waals surface area contributed by atoms with Gasteiger partial charge in [-0.05, 0) is 14.9 Å². The number of rotatable bonds is 3. The number of nitro groups is 2. The van der Waals surface area contributed by atoms with Crippen LogP contribution in [0.1, 0.15) is 0 Å². The molecule has 1 N–H and O–H groups in total. The quantitative estimate of drug-likeness (QED) is 0.562. The molecule has 0 radical (unpaired) electrons. The first-order valence-electron chi connectivity index (χ1n) is 3.83. The summed E-state index contributed by atoms with van der Waals surface area (Å²) in [6.07, 6.45) is 2.20. The van der Waals surface area contributed by atoms with E-state index in [4.69, 9.17) is 0 Å². The SMILES string of the molecule is O=[N+]([O-])c1n[nH]c([N+](=O)[O-])c1-n1cncn1. The first kappa shape index (κ1) is 9.70. The molecular formula is C5H3N7O4. The van der Waals surface area contributed by atoms with Gasteiger partial charge in [0.15, 0.2) is 0 Å². The lowest BCUT2D eigenvalue weighted by molar-refractivity contribution is -0.393. The van der Waals surface area contributed by atoms with Crippen LogP contribution >= 0.6 is 0 Å². The van der Waals surface area contributed by atoms with Crippen LogP contribution in [0.4, 0.5) is 11.6 Å². The summed E-state index contributed by atoms with van der Waals surface area (Å²) >= 11 is 0. The van der Waals surface area contributed by atoms with Gasteiger partial charge in [-0.2, -0.15) is 5.10 Å². The normalized spacial score (nSPS) is 10.2. The zero-order valence-corrected chi connectivity index (χ0v) is 7.47. The third-order valence-electron chi connectivity index (χ3n) is 1.71. The van der Waals surface area contributed by atoms with E-state index in [1.807, 2.05) is 5.10 Å². The lowest BCUT2D eigenvalue weighted by Gasteiger charge is -1.95. The van der Waals surface area contributed by atoms with Gasteiger partial charge >= 0.3 is 11.6 Å². The molecule has 0 bridgehead atoms. The Labute approximate surface area is 86.0 Å². The van der Waals surface area contributed by atoms with Crippen LogP contribution < -0.4 is 0 Å². The molecule has 0 aromatic carbocycles. The number of hydrogen-bond donors (Lipinski definition) is 1. The first-order valence-corrected chi connectivity index (χ1v) is 3.83. The van der Waals surface area contributed by atoms with E-state index in [2.05, 4.69) is 15.2 Å². The summed E-state index contributed by atoms with van der Waals surface area (Å²) in [4.78, 5) is 23.1. The molecule has 0 aliphatic rings. The Balaban J connectivity index is 2.68. The topological polar surface area (TPSA) is 146 Å². The van der Waals surface area contributed by atoms with Gasteiger partial charge in [0.1, 0.15) is 17.8 Å². The third-order valence-corrected chi connectivity index (χ3v) is 1.71. The van der Waals surface area contributed by atoms with Gasteiger partial charge < -0.3 is 20.2 Å². The van der Waals surface area contributed by atoms with Crippen LogP contribution in [-0.2, 0) is 0 Å². The minimum Gasteiger partial charge on any atom is -0.358 e. The fourth-order valence-corrected chi connectivity index (χ4v) is 1.11. The monoisotopic (exact) mass is 225 g/mol. The molecule has 0 aliphatic heterocycles. The fraction of sp³-hybridized carbons (Fsp3) is 0. The maximum atomic E-state index is 10.6. The second-order valence-electron chi connectivity index (χ2n) is 2.60. The van der Waals surface area contributed by atoms with E-state index in [9.17, 15) is 20.2 Å². The molecule has 2 aromatic heterocycles. The molecule has 2 heterocycles. The lowest BCUT2D eigenvalue weighted by atomic mass is 10.5. The highest BCUT2D eigenvalue weighted by Gasteiger charge is 2.33. The molecule has 0 saturated carbocycles. The summed E-state index contributed by atoms with van der Waals surface area (Å²) in [7, 11) is 0. The van der Waals surface area contributed by atoms with E-state index < -0.39 is 21.5 Å². The highest BCUT2D eigenvalue weighted by molar-refractivity contribution is 5.57. The Kier molecular flexibility index (Phi) is 2.05. The minimum atomic E-state index is -0.847. The van der Waals surface area contributed by atoms with Gasteiger partial charge in [0.2, 0.25) is 0 Å². The number of aromatic amines is 1. The van der Waals surface area contributed by atoms with Crippen molar-refractivity contribution >= 4 is 11.6 Å². The summed E-state index contributed by atoms with van der Waals surface area (Å²) in [5, 5.41) is 30.0. The fourth-order valence-electron chi connectivity index (χ4n) is 1.11. The van der Waals surface area contributed by atoms with Crippen molar-refractivity contribution in [2.75, 3.05) is 0 Å². The zero-order valence-electron chi connectivity index (χ0n) is 7.47. The zero-order chi connectivity index (χ0) is 11.7. The van der Waals surface area contributed by atoms with E-state index in [1.54, 1.807) is 0 Å². The van der Waals surface area contributed by atoms with Crippen LogP contribution in [0.15, 0.2) is 12.7 Å². The van der Waals surface area contributed by atoms with Gasteiger partial charge in [-0.25, -0.2) is 9.67 Å². The molecule has 16 heavy (non-hydrogen) atoms. The second kappa shape index (κ2) is 3.38. The molecule has 2 rings (SSSR count). The van der Waals surface area contributed by atoms with Crippen LogP contribution in [0.25, 0.3) is 5.69 Å². The average Bonchev–Trinajstić information content (AvgIpc) is 2.85. The van der Waals surface area contributed by atoms with Gasteiger partial charge in [-0.1, -0.05) is 0 Å². The summed E-state index contributed by atoms with van der Waals surface area (Å²) in [5.74, 6) is -1.30. The second-order valence-corrected chi connectivity index (χ2v) is 2.60. The molecule has 11 heteroatoms. The van der Waals surface area contributed by atoms with Crippen LogP contribution in [0.2, 0.25) is 0 Å². The van der Waals surface area contributed by atoms with E-state index in [-0.39, 0.29) is 5.69 Å². The van der Waals surface area contributed by atoms with Crippen molar-refractivity contribution in [2.24, 2.45) is 0 Å². The number of aromatic nitrogens is 5. The first-order chi connectivity index (χ1) is 7.61. The summed E-state index contributed by atoms with van der Waals surface area (Å²) < 4.78 is 0.903. The van der Waals surface area contributed by atoms with Gasteiger partial charge in [-0.15, -0.1) is 0 Å².